The van der Waals surface area contributed by atoms with E-state index in [0.29, 0.717) is 5.82 Å². The highest BCUT2D eigenvalue weighted by Gasteiger charge is 2.25. The van der Waals surface area contributed by atoms with Gasteiger partial charge in [0.25, 0.3) is 0 Å². The molecule has 0 saturated carbocycles. The zero-order valence-corrected chi connectivity index (χ0v) is 13.5. The molecular formula is C19H19FN4. The summed E-state index contributed by atoms with van der Waals surface area (Å²) in [4.78, 5) is 10.7. The van der Waals surface area contributed by atoms with Gasteiger partial charge in [0.2, 0.25) is 0 Å². The first-order valence-corrected chi connectivity index (χ1v) is 8.19. The van der Waals surface area contributed by atoms with Crippen molar-refractivity contribution in [3.05, 3.63) is 60.2 Å². The fourth-order valence-corrected chi connectivity index (χ4v) is 3.35. The van der Waals surface area contributed by atoms with E-state index >= 15 is 0 Å². The number of para-hydroxylation sites is 1. The molecule has 4 rings (SSSR count). The highest BCUT2D eigenvalue weighted by Crippen LogP contribution is 2.27. The Labute approximate surface area is 140 Å². The van der Waals surface area contributed by atoms with Gasteiger partial charge < -0.3 is 10.2 Å². The van der Waals surface area contributed by atoms with Crippen LogP contribution in [0.5, 0.6) is 0 Å². The number of hydrogen-bond donors (Lipinski definition) is 1. The summed E-state index contributed by atoms with van der Waals surface area (Å²) >= 11 is 0. The maximum atomic E-state index is 13.9. The number of benzene rings is 1. The fourth-order valence-electron chi connectivity index (χ4n) is 3.35. The Kier molecular flexibility index (Phi) is 3.76. The van der Waals surface area contributed by atoms with Crippen molar-refractivity contribution in [1.29, 1.82) is 0 Å². The molecule has 0 aliphatic carbocycles. The minimum absolute atomic E-state index is 0.261. The molecule has 1 aliphatic heterocycles. The molecule has 1 unspecified atom stereocenters. The van der Waals surface area contributed by atoms with Crippen LogP contribution in [-0.4, -0.2) is 29.1 Å². The van der Waals surface area contributed by atoms with E-state index in [9.17, 15) is 4.39 Å². The van der Waals surface area contributed by atoms with Gasteiger partial charge in [-0.2, -0.15) is 0 Å². The molecule has 1 saturated heterocycles. The number of pyridine rings is 2. The van der Waals surface area contributed by atoms with Crippen molar-refractivity contribution in [2.24, 2.45) is 0 Å². The fraction of sp³-hybridized carbons (Fsp3) is 0.263. The quantitative estimate of drug-likeness (QED) is 0.797. The first-order chi connectivity index (χ1) is 11.7. The maximum Gasteiger partial charge on any atom is 0.165 e. The lowest BCUT2D eigenvalue weighted by molar-refractivity contribution is 0.615. The molecule has 1 fully saturated rings. The number of aryl methyl sites for hydroxylation is 1. The van der Waals surface area contributed by atoms with Gasteiger partial charge in [0, 0.05) is 42.6 Å². The lowest BCUT2D eigenvalue weighted by atomic mass is 10.1. The van der Waals surface area contributed by atoms with Gasteiger partial charge in [0.15, 0.2) is 11.6 Å². The summed E-state index contributed by atoms with van der Waals surface area (Å²) < 4.78 is 13.9. The first-order valence-electron chi connectivity index (χ1n) is 8.19. The number of rotatable bonds is 3. The summed E-state index contributed by atoms with van der Waals surface area (Å²) in [5, 5.41) is 4.72. The molecule has 1 atom stereocenters. The molecular weight excluding hydrogens is 303 g/mol. The van der Waals surface area contributed by atoms with Crippen LogP contribution in [0.25, 0.3) is 10.9 Å². The van der Waals surface area contributed by atoms with Crippen molar-refractivity contribution in [2.45, 2.75) is 19.4 Å². The molecule has 1 N–H and O–H groups in total. The maximum absolute atomic E-state index is 13.9. The minimum Gasteiger partial charge on any atom is -0.380 e. The Balaban J connectivity index is 1.55. The number of halogens is 1. The van der Waals surface area contributed by atoms with Gasteiger partial charge >= 0.3 is 0 Å². The Bertz CT molecular complexity index is 880. The number of nitrogens with one attached hydrogen (secondary N) is 1. The van der Waals surface area contributed by atoms with Crippen molar-refractivity contribution in [2.75, 3.05) is 23.3 Å². The first kappa shape index (κ1) is 14.9. The number of fused-ring (bicyclic) bond motifs is 1. The van der Waals surface area contributed by atoms with Gasteiger partial charge in [-0.3, -0.25) is 4.98 Å². The van der Waals surface area contributed by atoms with Crippen molar-refractivity contribution in [3.63, 3.8) is 0 Å². The zero-order chi connectivity index (χ0) is 16.5. The van der Waals surface area contributed by atoms with E-state index in [2.05, 4.69) is 40.4 Å². The normalized spacial score (nSPS) is 17.4. The molecule has 0 radical (unpaired) electrons. The third-order valence-electron chi connectivity index (χ3n) is 4.56. The second-order valence-corrected chi connectivity index (χ2v) is 6.21. The summed E-state index contributed by atoms with van der Waals surface area (Å²) in [7, 11) is 0. The van der Waals surface area contributed by atoms with Crippen LogP contribution in [0.15, 0.2) is 48.8 Å². The largest absolute Gasteiger partial charge is 0.380 e. The summed E-state index contributed by atoms with van der Waals surface area (Å²) in [6.45, 7) is 3.61. The topological polar surface area (TPSA) is 41.0 Å². The van der Waals surface area contributed by atoms with E-state index in [0.717, 1.165) is 36.1 Å². The van der Waals surface area contributed by atoms with Gasteiger partial charge in [-0.15, -0.1) is 0 Å². The van der Waals surface area contributed by atoms with Gasteiger partial charge in [-0.1, -0.05) is 18.2 Å². The number of nitrogens with zero attached hydrogens (tertiary/aromatic N) is 3. The smallest absolute Gasteiger partial charge is 0.165 e. The van der Waals surface area contributed by atoms with E-state index in [1.54, 1.807) is 12.3 Å². The molecule has 1 aromatic carbocycles. The van der Waals surface area contributed by atoms with Gasteiger partial charge in [0.05, 0.1) is 5.52 Å². The van der Waals surface area contributed by atoms with Crippen LogP contribution in [0, 0.1) is 12.7 Å². The van der Waals surface area contributed by atoms with Gasteiger partial charge in [0.1, 0.15) is 0 Å². The molecule has 24 heavy (non-hydrogen) atoms. The van der Waals surface area contributed by atoms with Crippen molar-refractivity contribution >= 4 is 22.4 Å². The second-order valence-electron chi connectivity index (χ2n) is 6.21. The third kappa shape index (κ3) is 2.66. The molecule has 3 aromatic rings. The molecule has 122 valence electrons. The highest BCUT2D eigenvalue weighted by molar-refractivity contribution is 5.93. The van der Waals surface area contributed by atoms with Crippen molar-refractivity contribution in [1.82, 2.24) is 9.97 Å². The molecule has 3 heterocycles. The number of aromatic nitrogens is 2. The Morgan fingerprint density at radius 2 is 2.04 bits per heavy atom. The van der Waals surface area contributed by atoms with Crippen LogP contribution >= 0.6 is 0 Å². The van der Waals surface area contributed by atoms with E-state index in [1.807, 2.05) is 17.2 Å². The Morgan fingerprint density at radius 3 is 2.92 bits per heavy atom. The van der Waals surface area contributed by atoms with Gasteiger partial charge in [-0.25, -0.2) is 9.37 Å². The van der Waals surface area contributed by atoms with E-state index in [4.69, 9.17) is 0 Å². The molecule has 0 spiro atoms. The van der Waals surface area contributed by atoms with Crippen LogP contribution in [-0.2, 0) is 0 Å². The van der Waals surface area contributed by atoms with Crippen LogP contribution in [0.2, 0.25) is 0 Å². The van der Waals surface area contributed by atoms with Crippen molar-refractivity contribution in [3.8, 4) is 0 Å². The Morgan fingerprint density at radius 1 is 1.12 bits per heavy atom. The van der Waals surface area contributed by atoms with Gasteiger partial charge in [-0.05, 0) is 37.1 Å². The van der Waals surface area contributed by atoms with Crippen LogP contribution in [0.4, 0.5) is 15.9 Å². The zero-order valence-electron chi connectivity index (χ0n) is 13.5. The average molecular weight is 322 g/mol. The van der Waals surface area contributed by atoms with Crippen molar-refractivity contribution < 1.29 is 4.39 Å². The molecule has 1 aliphatic rings. The number of hydrogen-bond acceptors (Lipinski definition) is 4. The molecule has 0 bridgehead atoms. The molecule has 5 heteroatoms. The standard InChI is InChI=1S/C19H19FN4/c1-13-4-2-5-15-17(7-10-21-18(13)15)23-14-8-11-24(12-14)19-16(20)6-3-9-22-19/h2-7,9-10,14H,8,11-12H2,1H3,(H,21,23). The third-order valence-corrected chi connectivity index (χ3v) is 4.56. The second kappa shape index (κ2) is 6.07. The molecule has 0 amide bonds. The van der Waals surface area contributed by atoms with E-state index < -0.39 is 0 Å². The predicted octanol–water partition coefficient (Wildman–Crippen LogP) is 3.77. The minimum atomic E-state index is -0.261. The lowest BCUT2D eigenvalue weighted by Gasteiger charge is -2.19. The predicted molar refractivity (Wildman–Crippen MR) is 94.9 cm³/mol. The summed E-state index contributed by atoms with van der Waals surface area (Å²) in [6, 6.07) is 11.6. The van der Waals surface area contributed by atoms with E-state index in [1.165, 1.54) is 11.6 Å². The summed E-state index contributed by atoms with van der Waals surface area (Å²) in [5.74, 6) is 0.181. The highest BCUT2D eigenvalue weighted by atomic mass is 19.1. The average Bonchev–Trinajstić information content (AvgIpc) is 3.05. The summed E-state index contributed by atoms with van der Waals surface area (Å²) in [5.41, 5.74) is 3.27. The molecule has 4 nitrogen and oxygen atoms in total. The van der Waals surface area contributed by atoms with Crippen LogP contribution in [0.3, 0.4) is 0 Å². The van der Waals surface area contributed by atoms with Crippen LogP contribution in [0.1, 0.15) is 12.0 Å². The lowest BCUT2D eigenvalue weighted by Crippen LogP contribution is -2.27. The Hall–Kier alpha value is -2.69. The van der Waals surface area contributed by atoms with Crippen LogP contribution < -0.4 is 10.2 Å². The van der Waals surface area contributed by atoms with E-state index in [-0.39, 0.29) is 11.9 Å². The SMILES string of the molecule is Cc1cccc2c(NC3CCN(c4ncccc4F)C3)ccnc12. The molecule has 2 aromatic heterocycles. The summed E-state index contributed by atoms with van der Waals surface area (Å²) in [6.07, 6.45) is 4.42. The number of anilines is 2. The monoisotopic (exact) mass is 322 g/mol.